The summed E-state index contributed by atoms with van der Waals surface area (Å²) in [5.41, 5.74) is 0. The second-order valence-corrected chi connectivity index (χ2v) is 11.1. The van der Waals surface area contributed by atoms with Crippen molar-refractivity contribution in [3.05, 3.63) is 0 Å². The zero-order chi connectivity index (χ0) is 25.5. The molecule has 0 fully saturated rings. The van der Waals surface area contributed by atoms with Crippen molar-refractivity contribution in [2.45, 2.75) is 200 Å². The van der Waals surface area contributed by atoms with E-state index in [0.717, 1.165) is 13.0 Å². The molecule has 2 heteroatoms. The molecule has 0 aliphatic heterocycles. The van der Waals surface area contributed by atoms with E-state index in [1.165, 1.54) is 173 Å². The first-order valence-corrected chi connectivity index (χ1v) is 16.5. The zero-order valence-electron chi connectivity index (χ0n) is 24.9. The minimum atomic E-state index is 0.0132. The lowest BCUT2D eigenvalue weighted by atomic mass is 10.0. The molecule has 35 heavy (non-hydrogen) atoms. The van der Waals surface area contributed by atoms with Gasteiger partial charge in [-0.3, -0.25) is 0 Å². The topological polar surface area (TPSA) is 18.5 Å². The van der Waals surface area contributed by atoms with Crippen molar-refractivity contribution in [2.24, 2.45) is 0 Å². The molecular weight excluding hydrogens is 428 g/mol. The van der Waals surface area contributed by atoms with Crippen LogP contribution in [0, 0.1) is 0 Å². The van der Waals surface area contributed by atoms with Crippen molar-refractivity contribution < 1.29 is 9.47 Å². The lowest BCUT2D eigenvalue weighted by molar-refractivity contribution is -0.124. The number of rotatable bonds is 31. The minimum absolute atomic E-state index is 0.0132. The molecule has 0 aromatic heterocycles. The largest absolute Gasteiger partial charge is 0.356 e. The van der Waals surface area contributed by atoms with Gasteiger partial charge in [0.15, 0.2) is 6.29 Å². The molecule has 0 heterocycles. The molecule has 2 nitrogen and oxygen atoms in total. The second kappa shape index (κ2) is 31.9. The fraction of sp³-hybridized carbons (Fsp3) is 1.00. The fourth-order valence-corrected chi connectivity index (χ4v) is 5.26. The van der Waals surface area contributed by atoms with Crippen LogP contribution in [0.15, 0.2) is 0 Å². The first-order chi connectivity index (χ1) is 17.3. The molecule has 1 unspecified atom stereocenters. The van der Waals surface area contributed by atoms with Gasteiger partial charge >= 0.3 is 0 Å². The molecule has 0 spiro atoms. The quantitative estimate of drug-likeness (QED) is 0.0701. The maximum Gasteiger partial charge on any atom is 0.157 e. The molecule has 0 rings (SSSR count). The number of hydrogen-bond donors (Lipinski definition) is 0. The summed E-state index contributed by atoms with van der Waals surface area (Å²) >= 11 is 0. The van der Waals surface area contributed by atoms with E-state index in [0.29, 0.717) is 0 Å². The van der Waals surface area contributed by atoms with Gasteiger partial charge in [0.05, 0.1) is 0 Å². The van der Waals surface area contributed by atoms with Crippen LogP contribution >= 0.6 is 0 Å². The summed E-state index contributed by atoms with van der Waals surface area (Å²) in [6, 6.07) is 0. The van der Waals surface area contributed by atoms with Crippen LogP contribution in [0.3, 0.4) is 0 Å². The monoisotopic (exact) mass is 497 g/mol. The summed E-state index contributed by atoms with van der Waals surface area (Å²) in [7, 11) is 1.75. The molecule has 0 aromatic carbocycles. The van der Waals surface area contributed by atoms with Crippen molar-refractivity contribution in [1.29, 1.82) is 0 Å². The Hall–Kier alpha value is -0.0800. The lowest BCUT2D eigenvalue weighted by Crippen LogP contribution is -2.14. The predicted octanol–water partition coefficient (Wildman–Crippen LogP) is 11.9. The summed E-state index contributed by atoms with van der Waals surface area (Å²) in [5, 5.41) is 0. The number of ether oxygens (including phenoxy) is 2. The molecule has 0 aliphatic carbocycles. The highest BCUT2D eigenvalue weighted by atomic mass is 16.7. The van der Waals surface area contributed by atoms with E-state index in [4.69, 9.17) is 9.47 Å². The third-order valence-electron chi connectivity index (χ3n) is 7.66. The molecule has 0 saturated carbocycles. The average Bonchev–Trinajstić information content (AvgIpc) is 2.87. The SMILES string of the molecule is CCCCCCCCCCCCCCCCCCCCCCCCCCCCCC(OC)OCC. The third kappa shape index (κ3) is 30.0. The van der Waals surface area contributed by atoms with E-state index in [9.17, 15) is 0 Å². The van der Waals surface area contributed by atoms with Gasteiger partial charge < -0.3 is 9.47 Å². The summed E-state index contributed by atoms with van der Waals surface area (Å²) in [6.45, 7) is 5.09. The van der Waals surface area contributed by atoms with E-state index in [-0.39, 0.29) is 6.29 Å². The first kappa shape index (κ1) is 34.9. The van der Waals surface area contributed by atoms with Crippen molar-refractivity contribution in [2.75, 3.05) is 13.7 Å². The van der Waals surface area contributed by atoms with Gasteiger partial charge in [-0.15, -0.1) is 0 Å². The van der Waals surface area contributed by atoms with Crippen LogP contribution in [-0.2, 0) is 9.47 Å². The molecule has 212 valence electrons. The van der Waals surface area contributed by atoms with Gasteiger partial charge in [-0.25, -0.2) is 0 Å². The van der Waals surface area contributed by atoms with Gasteiger partial charge in [0.2, 0.25) is 0 Å². The van der Waals surface area contributed by atoms with Gasteiger partial charge in [-0.2, -0.15) is 0 Å². The summed E-state index contributed by atoms with van der Waals surface area (Å²) < 4.78 is 10.9. The summed E-state index contributed by atoms with van der Waals surface area (Å²) in [5.74, 6) is 0. The van der Waals surface area contributed by atoms with E-state index in [1.54, 1.807) is 7.11 Å². The number of unbranched alkanes of at least 4 members (excludes halogenated alkanes) is 26. The van der Waals surface area contributed by atoms with Crippen LogP contribution in [0.25, 0.3) is 0 Å². The minimum Gasteiger partial charge on any atom is -0.356 e. The highest BCUT2D eigenvalue weighted by Crippen LogP contribution is 2.16. The molecule has 0 saturated heterocycles. The third-order valence-corrected chi connectivity index (χ3v) is 7.66. The smallest absolute Gasteiger partial charge is 0.157 e. The first-order valence-electron chi connectivity index (χ1n) is 16.5. The Labute approximate surface area is 223 Å². The fourth-order valence-electron chi connectivity index (χ4n) is 5.26. The predicted molar refractivity (Wildman–Crippen MR) is 157 cm³/mol. The Bertz CT molecular complexity index is 357. The van der Waals surface area contributed by atoms with Crippen LogP contribution in [-0.4, -0.2) is 20.0 Å². The second-order valence-electron chi connectivity index (χ2n) is 11.1. The highest BCUT2D eigenvalue weighted by molar-refractivity contribution is 4.53. The standard InChI is InChI=1S/C33H68O2/c1-4-6-7-8-9-10-11-12-13-14-15-16-17-18-19-20-21-22-23-24-25-26-27-28-29-30-31-32-33(34-3)35-5-2/h33H,4-32H2,1-3H3. The molecule has 1 atom stereocenters. The average molecular weight is 497 g/mol. The lowest BCUT2D eigenvalue weighted by Gasteiger charge is -2.14. The van der Waals surface area contributed by atoms with Gasteiger partial charge in [-0.1, -0.05) is 174 Å². The molecule has 0 aliphatic rings. The van der Waals surface area contributed by atoms with E-state index >= 15 is 0 Å². The van der Waals surface area contributed by atoms with Gasteiger partial charge in [0.1, 0.15) is 0 Å². The van der Waals surface area contributed by atoms with Crippen molar-refractivity contribution >= 4 is 0 Å². The highest BCUT2D eigenvalue weighted by Gasteiger charge is 2.05. The van der Waals surface area contributed by atoms with Crippen molar-refractivity contribution in [3.63, 3.8) is 0 Å². The zero-order valence-corrected chi connectivity index (χ0v) is 24.9. The Balaban J connectivity index is 3.06. The maximum absolute atomic E-state index is 5.53. The Morgan fingerprint density at radius 3 is 0.857 bits per heavy atom. The van der Waals surface area contributed by atoms with E-state index < -0.39 is 0 Å². The molecule has 0 bridgehead atoms. The van der Waals surface area contributed by atoms with Crippen molar-refractivity contribution in [3.8, 4) is 0 Å². The van der Waals surface area contributed by atoms with Gasteiger partial charge in [0.25, 0.3) is 0 Å². The normalized spacial score (nSPS) is 12.4. The van der Waals surface area contributed by atoms with Gasteiger partial charge in [-0.05, 0) is 19.8 Å². The molecule has 0 radical (unpaired) electrons. The molecule has 0 amide bonds. The van der Waals surface area contributed by atoms with Crippen molar-refractivity contribution in [1.82, 2.24) is 0 Å². The van der Waals surface area contributed by atoms with Crippen LogP contribution in [0.1, 0.15) is 194 Å². The maximum atomic E-state index is 5.53. The Kier molecular flexibility index (Phi) is 31.9. The summed E-state index contributed by atoms with van der Waals surface area (Å²) in [4.78, 5) is 0. The molecular formula is C33H68O2. The van der Waals surface area contributed by atoms with Crippen LogP contribution < -0.4 is 0 Å². The van der Waals surface area contributed by atoms with Gasteiger partial charge in [0, 0.05) is 13.7 Å². The number of methoxy groups -OCH3 is 1. The van der Waals surface area contributed by atoms with Crippen LogP contribution in [0.2, 0.25) is 0 Å². The van der Waals surface area contributed by atoms with E-state index in [2.05, 4.69) is 6.92 Å². The Morgan fingerprint density at radius 2 is 0.629 bits per heavy atom. The Morgan fingerprint density at radius 1 is 0.371 bits per heavy atom. The molecule has 0 N–H and O–H groups in total. The molecule has 0 aromatic rings. The van der Waals surface area contributed by atoms with Crippen LogP contribution in [0.4, 0.5) is 0 Å². The number of hydrogen-bond acceptors (Lipinski definition) is 2. The summed E-state index contributed by atoms with van der Waals surface area (Å²) in [6.07, 6.45) is 40.1. The van der Waals surface area contributed by atoms with E-state index in [1.807, 2.05) is 6.92 Å². The van der Waals surface area contributed by atoms with Crippen LogP contribution in [0.5, 0.6) is 0 Å².